The molecule has 4 rings (SSSR count). The lowest BCUT2D eigenvalue weighted by atomic mass is 9.50. The summed E-state index contributed by atoms with van der Waals surface area (Å²) in [5.41, 5.74) is -3.19. The average molecular weight is 384 g/mol. The fraction of sp³-hybridized carbons (Fsp3) is 0.900. The Morgan fingerprint density at radius 2 is 1.67 bits per heavy atom. The van der Waals surface area contributed by atoms with Gasteiger partial charge in [-0.1, -0.05) is 6.92 Å². The van der Waals surface area contributed by atoms with Crippen LogP contribution in [0.2, 0.25) is 0 Å². The molecule has 0 aliphatic heterocycles. The molecule has 0 spiro atoms. The minimum Gasteiger partial charge on any atom is -0.463 e. The highest BCUT2D eigenvalue weighted by Gasteiger charge is 2.64. The first-order valence-corrected chi connectivity index (χ1v) is 9.90. The van der Waals surface area contributed by atoms with Gasteiger partial charge in [0.05, 0.1) is 23.2 Å². The highest BCUT2D eigenvalue weighted by molar-refractivity contribution is 5.75. The number of carbonyl (C=O) groups excluding carboxylic acids is 2. The summed E-state index contributed by atoms with van der Waals surface area (Å²) < 4.78 is 16.1. The third kappa shape index (κ3) is 4.46. The van der Waals surface area contributed by atoms with Crippen molar-refractivity contribution in [1.82, 2.24) is 0 Å². The molecule has 2 unspecified atom stereocenters. The van der Waals surface area contributed by atoms with Crippen molar-refractivity contribution < 1.29 is 34.0 Å². The van der Waals surface area contributed by atoms with Crippen LogP contribution in [0.15, 0.2) is 0 Å². The quantitative estimate of drug-likeness (QED) is 0.485. The van der Waals surface area contributed by atoms with E-state index in [9.17, 15) is 19.8 Å². The fourth-order valence-electron chi connectivity index (χ4n) is 5.32. The van der Waals surface area contributed by atoms with Gasteiger partial charge in [0.15, 0.2) is 0 Å². The lowest BCUT2D eigenvalue weighted by Crippen LogP contribution is -2.67. The van der Waals surface area contributed by atoms with Crippen molar-refractivity contribution in [2.45, 2.75) is 82.5 Å². The predicted molar refractivity (Wildman–Crippen MR) is 95.8 cm³/mol. The van der Waals surface area contributed by atoms with Gasteiger partial charge >= 0.3 is 11.9 Å². The van der Waals surface area contributed by atoms with Gasteiger partial charge in [0.1, 0.15) is 18.8 Å². The van der Waals surface area contributed by atoms with Gasteiger partial charge in [-0.2, -0.15) is 0 Å². The highest BCUT2D eigenvalue weighted by Crippen LogP contribution is 2.60. The van der Waals surface area contributed by atoms with Crippen LogP contribution in [-0.2, 0) is 23.8 Å². The second-order valence-corrected chi connectivity index (χ2v) is 9.54. The third-order valence-corrected chi connectivity index (χ3v) is 6.41. The van der Waals surface area contributed by atoms with Gasteiger partial charge in [-0.25, -0.2) is 4.79 Å². The summed E-state index contributed by atoms with van der Waals surface area (Å²) in [6, 6.07) is 0. The first kappa shape index (κ1) is 20.6. The van der Waals surface area contributed by atoms with Gasteiger partial charge < -0.3 is 24.4 Å². The molecule has 2 atom stereocenters. The molecule has 4 saturated carbocycles. The summed E-state index contributed by atoms with van der Waals surface area (Å²) in [6.07, 6.45) is 3.84. The smallest absolute Gasteiger partial charge is 0.332 e. The van der Waals surface area contributed by atoms with Gasteiger partial charge in [-0.15, -0.1) is 0 Å². The first-order valence-electron chi connectivity index (χ1n) is 9.90. The van der Waals surface area contributed by atoms with E-state index in [2.05, 4.69) is 0 Å². The topological polar surface area (TPSA) is 102 Å². The van der Waals surface area contributed by atoms with Gasteiger partial charge in [0.2, 0.25) is 0 Å². The second-order valence-electron chi connectivity index (χ2n) is 9.54. The van der Waals surface area contributed by atoms with Crippen LogP contribution in [-0.4, -0.2) is 58.8 Å². The minimum atomic E-state index is -0.935. The lowest BCUT2D eigenvalue weighted by Gasteiger charge is -2.62. The van der Waals surface area contributed by atoms with Crippen LogP contribution >= 0.6 is 0 Å². The Morgan fingerprint density at radius 1 is 1.04 bits per heavy atom. The Kier molecular flexibility index (Phi) is 5.34. The van der Waals surface area contributed by atoms with E-state index in [0.29, 0.717) is 44.9 Å². The molecule has 4 fully saturated rings. The Morgan fingerprint density at radius 3 is 2.22 bits per heavy atom. The summed E-state index contributed by atoms with van der Waals surface area (Å²) >= 11 is 0. The van der Waals surface area contributed by atoms with Crippen molar-refractivity contribution in [1.29, 1.82) is 0 Å². The van der Waals surface area contributed by atoms with E-state index in [-0.39, 0.29) is 31.7 Å². The van der Waals surface area contributed by atoms with Crippen LogP contribution in [0.4, 0.5) is 0 Å². The molecule has 0 aromatic rings. The monoisotopic (exact) mass is 384 g/mol. The Balaban J connectivity index is 1.42. The first-order chi connectivity index (χ1) is 12.5. The van der Waals surface area contributed by atoms with Gasteiger partial charge in [-0.3, -0.25) is 4.79 Å². The van der Waals surface area contributed by atoms with E-state index in [1.54, 1.807) is 0 Å². The van der Waals surface area contributed by atoms with E-state index < -0.39 is 28.2 Å². The van der Waals surface area contributed by atoms with E-state index >= 15 is 0 Å². The number of aliphatic hydroxyl groups is 2. The maximum atomic E-state index is 12.2. The van der Waals surface area contributed by atoms with Crippen LogP contribution in [0, 0.1) is 11.3 Å². The molecule has 0 aromatic heterocycles. The molecule has 4 aliphatic rings. The van der Waals surface area contributed by atoms with Crippen molar-refractivity contribution in [2.75, 3.05) is 19.8 Å². The van der Waals surface area contributed by atoms with Crippen LogP contribution in [0.5, 0.6) is 0 Å². The van der Waals surface area contributed by atoms with Crippen molar-refractivity contribution in [2.24, 2.45) is 11.3 Å². The summed E-state index contributed by atoms with van der Waals surface area (Å²) in [5.74, 6) is -0.609. The van der Waals surface area contributed by atoms with Crippen LogP contribution < -0.4 is 0 Å². The summed E-state index contributed by atoms with van der Waals surface area (Å²) in [4.78, 5) is 24.1. The summed E-state index contributed by atoms with van der Waals surface area (Å²) in [7, 11) is 0. The van der Waals surface area contributed by atoms with Gasteiger partial charge in [0, 0.05) is 19.3 Å². The predicted octanol–water partition coefficient (Wildman–Crippen LogP) is 1.72. The number of hydrogen-bond donors (Lipinski definition) is 2. The zero-order valence-corrected chi connectivity index (χ0v) is 16.6. The molecule has 4 bridgehead atoms. The molecule has 4 aliphatic carbocycles. The number of ether oxygens (including phenoxy) is 3. The second kappa shape index (κ2) is 7.01. The fourth-order valence-corrected chi connectivity index (χ4v) is 5.32. The number of rotatable bonds is 8. The normalized spacial score (nSPS) is 37.3. The van der Waals surface area contributed by atoms with Gasteiger partial charge in [-0.05, 0) is 45.4 Å². The molecule has 0 saturated heterocycles. The summed E-state index contributed by atoms with van der Waals surface area (Å²) in [6.45, 7) is 5.53. The molecule has 154 valence electrons. The van der Waals surface area contributed by atoms with Crippen molar-refractivity contribution >= 4 is 11.9 Å². The highest BCUT2D eigenvalue weighted by atomic mass is 16.6. The van der Waals surface area contributed by atoms with E-state index in [0.717, 1.165) is 0 Å². The Labute approximate surface area is 160 Å². The maximum Gasteiger partial charge on any atom is 0.332 e. The number of esters is 2. The van der Waals surface area contributed by atoms with E-state index in [1.165, 1.54) is 0 Å². The molecule has 27 heavy (non-hydrogen) atoms. The molecule has 0 amide bonds. The van der Waals surface area contributed by atoms with Crippen molar-refractivity contribution in [3.05, 3.63) is 0 Å². The van der Waals surface area contributed by atoms with Gasteiger partial charge in [0.25, 0.3) is 0 Å². The SMILES string of the molecule is CCC(C)(C)C(=O)OCCOCC(=O)OC12CC3CC(O)(CC(O)(C3)C1)C2. The molecule has 0 heterocycles. The molecule has 7 heteroatoms. The number of carbonyl (C=O) groups is 2. The molecule has 0 aromatic carbocycles. The van der Waals surface area contributed by atoms with Crippen molar-refractivity contribution in [3.63, 3.8) is 0 Å². The Bertz CT molecular complexity index is 581. The number of hydrogen-bond acceptors (Lipinski definition) is 7. The molecule has 2 N–H and O–H groups in total. The largest absolute Gasteiger partial charge is 0.463 e. The van der Waals surface area contributed by atoms with Crippen LogP contribution in [0.25, 0.3) is 0 Å². The lowest BCUT2D eigenvalue weighted by molar-refractivity contribution is -0.262. The minimum absolute atomic E-state index is 0.0856. The van der Waals surface area contributed by atoms with E-state index in [4.69, 9.17) is 14.2 Å². The molecular weight excluding hydrogens is 352 g/mol. The van der Waals surface area contributed by atoms with E-state index in [1.807, 2.05) is 20.8 Å². The Hall–Kier alpha value is -1.18. The average Bonchev–Trinajstić information content (AvgIpc) is 2.50. The zero-order valence-electron chi connectivity index (χ0n) is 16.6. The standard InChI is InChI=1S/C20H32O7/c1-4-17(2,3)16(22)26-6-5-25-10-15(21)27-20-9-14-7-18(23,12-20)11-19(24,8-14)13-20/h14,23-24H,4-13H2,1-3H3. The van der Waals surface area contributed by atoms with Crippen molar-refractivity contribution in [3.8, 4) is 0 Å². The molecular formula is C20H32O7. The summed E-state index contributed by atoms with van der Waals surface area (Å²) in [5, 5.41) is 21.4. The maximum absolute atomic E-state index is 12.2. The third-order valence-electron chi connectivity index (χ3n) is 6.41. The van der Waals surface area contributed by atoms with Crippen LogP contribution in [0.3, 0.4) is 0 Å². The van der Waals surface area contributed by atoms with Crippen LogP contribution in [0.1, 0.15) is 65.7 Å². The molecule has 7 nitrogen and oxygen atoms in total. The zero-order chi connectivity index (χ0) is 19.9. The molecule has 0 radical (unpaired) electrons.